The summed E-state index contributed by atoms with van der Waals surface area (Å²) < 4.78 is 0. The summed E-state index contributed by atoms with van der Waals surface area (Å²) >= 11 is 0. The van der Waals surface area contributed by atoms with E-state index in [1.165, 1.54) is 12.1 Å². The minimum atomic E-state index is -0.440. The van der Waals surface area contributed by atoms with Crippen LogP contribution in [0.25, 0.3) is 0 Å². The molecule has 0 aromatic heterocycles. The van der Waals surface area contributed by atoms with Gasteiger partial charge in [0.05, 0.1) is 4.92 Å². The summed E-state index contributed by atoms with van der Waals surface area (Å²) in [5.41, 5.74) is 2.31. The molecule has 0 spiro atoms. The zero-order chi connectivity index (χ0) is 18.5. The Morgan fingerprint density at radius 2 is 1.81 bits per heavy atom. The number of anilines is 1. The standard InChI is InChI=1S/C19H19N3O4/c23-18-2-1-13-21(18)16-9-5-15(6-10-16)19(24)20-12-11-14-3-7-17(8-4-14)22(25)26/h3-10H,1-2,11-13H2,(H,20,24). The second-order valence-electron chi connectivity index (χ2n) is 6.13. The van der Waals surface area contributed by atoms with E-state index in [9.17, 15) is 19.7 Å². The molecule has 2 aromatic rings. The zero-order valence-electron chi connectivity index (χ0n) is 14.2. The number of amides is 2. The van der Waals surface area contributed by atoms with Crippen LogP contribution < -0.4 is 10.2 Å². The van der Waals surface area contributed by atoms with Crippen LogP contribution >= 0.6 is 0 Å². The molecule has 1 heterocycles. The lowest BCUT2D eigenvalue weighted by Gasteiger charge is -2.15. The van der Waals surface area contributed by atoms with Crippen molar-refractivity contribution in [3.8, 4) is 0 Å². The Morgan fingerprint density at radius 1 is 1.12 bits per heavy atom. The van der Waals surface area contributed by atoms with Gasteiger partial charge in [0.15, 0.2) is 0 Å². The summed E-state index contributed by atoms with van der Waals surface area (Å²) in [5, 5.41) is 13.5. The van der Waals surface area contributed by atoms with Crippen LogP contribution in [0.15, 0.2) is 48.5 Å². The number of rotatable bonds is 6. The van der Waals surface area contributed by atoms with E-state index in [0.29, 0.717) is 24.9 Å². The van der Waals surface area contributed by atoms with Gasteiger partial charge in [0.2, 0.25) is 5.91 Å². The average molecular weight is 353 g/mol. The zero-order valence-corrected chi connectivity index (χ0v) is 14.2. The van der Waals surface area contributed by atoms with Gasteiger partial charge >= 0.3 is 0 Å². The van der Waals surface area contributed by atoms with E-state index >= 15 is 0 Å². The van der Waals surface area contributed by atoms with Crippen LogP contribution in [0.2, 0.25) is 0 Å². The van der Waals surface area contributed by atoms with Gasteiger partial charge in [-0.15, -0.1) is 0 Å². The maximum Gasteiger partial charge on any atom is 0.269 e. The fraction of sp³-hybridized carbons (Fsp3) is 0.263. The molecule has 1 aliphatic rings. The SMILES string of the molecule is O=C(NCCc1ccc([N+](=O)[O-])cc1)c1ccc(N2CCCC2=O)cc1. The normalized spacial score (nSPS) is 13.7. The van der Waals surface area contributed by atoms with Crippen molar-refractivity contribution in [2.75, 3.05) is 18.0 Å². The van der Waals surface area contributed by atoms with Crippen molar-refractivity contribution in [1.29, 1.82) is 0 Å². The molecule has 7 heteroatoms. The van der Waals surface area contributed by atoms with Crippen LogP contribution in [0.4, 0.5) is 11.4 Å². The van der Waals surface area contributed by atoms with Crippen LogP contribution in [0, 0.1) is 10.1 Å². The largest absolute Gasteiger partial charge is 0.352 e. The molecule has 1 saturated heterocycles. The highest BCUT2D eigenvalue weighted by atomic mass is 16.6. The molecule has 0 atom stereocenters. The van der Waals surface area contributed by atoms with Gasteiger partial charge in [0.25, 0.3) is 11.6 Å². The Morgan fingerprint density at radius 3 is 2.38 bits per heavy atom. The molecule has 1 fully saturated rings. The summed E-state index contributed by atoms with van der Waals surface area (Å²) in [5.74, 6) is -0.0727. The molecule has 2 aromatic carbocycles. The first-order chi connectivity index (χ1) is 12.5. The van der Waals surface area contributed by atoms with E-state index < -0.39 is 4.92 Å². The molecule has 134 valence electrons. The molecule has 0 unspecified atom stereocenters. The van der Waals surface area contributed by atoms with Crippen molar-refractivity contribution in [2.45, 2.75) is 19.3 Å². The highest BCUT2D eigenvalue weighted by Gasteiger charge is 2.21. The van der Waals surface area contributed by atoms with Crippen molar-refractivity contribution >= 4 is 23.2 Å². The highest BCUT2D eigenvalue weighted by molar-refractivity contribution is 5.97. The Kier molecular flexibility index (Phi) is 5.26. The van der Waals surface area contributed by atoms with Crippen LogP contribution in [0.1, 0.15) is 28.8 Å². The molecule has 1 aliphatic heterocycles. The lowest BCUT2D eigenvalue weighted by Crippen LogP contribution is -2.26. The molecule has 0 radical (unpaired) electrons. The van der Waals surface area contributed by atoms with Crippen LogP contribution in [0.5, 0.6) is 0 Å². The fourth-order valence-electron chi connectivity index (χ4n) is 2.92. The number of hydrogen-bond acceptors (Lipinski definition) is 4. The number of benzene rings is 2. The fourth-order valence-corrected chi connectivity index (χ4v) is 2.92. The Balaban J connectivity index is 1.51. The lowest BCUT2D eigenvalue weighted by atomic mass is 10.1. The van der Waals surface area contributed by atoms with Gasteiger partial charge in [-0.1, -0.05) is 12.1 Å². The quantitative estimate of drug-likeness (QED) is 0.638. The first-order valence-corrected chi connectivity index (χ1v) is 8.46. The molecule has 3 rings (SSSR count). The van der Waals surface area contributed by atoms with Crippen molar-refractivity contribution in [3.63, 3.8) is 0 Å². The number of non-ortho nitro benzene ring substituents is 1. The lowest BCUT2D eigenvalue weighted by molar-refractivity contribution is -0.384. The molecule has 0 saturated carbocycles. The van der Waals surface area contributed by atoms with E-state index in [1.54, 1.807) is 41.3 Å². The van der Waals surface area contributed by atoms with Crippen molar-refractivity contribution in [1.82, 2.24) is 5.32 Å². The molecule has 26 heavy (non-hydrogen) atoms. The first kappa shape index (κ1) is 17.6. The third-order valence-electron chi connectivity index (χ3n) is 4.36. The summed E-state index contributed by atoms with van der Waals surface area (Å²) in [6, 6.07) is 13.3. The van der Waals surface area contributed by atoms with Crippen molar-refractivity contribution < 1.29 is 14.5 Å². The predicted molar refractivity (Wildman–Crippen MR) is 97.2 cm³/mol. The number of nitrogens with zero attached hydrogens (tertiary/aromatic N) is 2. The summed E-state index contributed by atoms with van der Waals surface area (Å²) in [4.78, 5) is 35.8. The highest BCUT2D eigenvalue weighted by Crippen LogP contribution is 2.21. The topological polar surface area (TPSA) is 92.5 Å². The Bertz CT molecular complexity index is 816. The number of carbonyl (C=O) groups excluding carboxylic acids is 2. The second-order valence-corrected chi connectivity index (χ2v) is 6.13. The minimum Gasteiger partial charge on any atom is -0.352 e. The summed E-state index contributed by atoms with van der Waals surface area (Å²) in [6.45, 7) is 1.16. The Labute approximate surface area is 150 Å². The second kappa shape index (κ2) is 7.77. The van der Waals surface area contributed by atoms with E-state index in [0.717, 1.165) is 24.2 Å². The maximum absolute atomic E-state index is 12.2. The number of nitro benzene ring substituents is 1. The molecule has 0 bridgehead atoms. The van der Waals surface area contributed by atoms with E-state index in [-0.39, 0.29) is 17.5 Å². The van der Waals surface area contributed by atoms with Gasteiger partial charge in [0.1, 0.15) is 0 Å². The predicted octanol–water partition coefficient (Wildman–Crippen LogP) is 2.69. The third-order valence-corrected chi connectivity index (χ3v) is 4.36. The molecule has 0 aliphatic carbocycles. The molecule has 2 amide bonds. The van der Waals surface area contributed by atoms with Crippen molar-refractivity contribution in [2.24, 2.45) is 0 Å². The van der Waals surface area contributed by atoms with Gasteiger partial charge in [-0.2, -0.15) is 0 Å². The number of nitro groups is 1. The number of nitrogens with one attached hydrogen (secondary N) is 1. The minimum absolute atomic E-state index is 0.0503. The molecular weight excluding hydrogens is 334 g/mol. The third kappa shape index (κ3) is 4.05. The summed E-state index contributed by atoms with van der Waals surface area (Å²) in [6.07, 6.45) is 2.03. The van der Waals surface area contributed by atoms with Crippen molar-refractivity contribution in [3.05, 3.63) is 69.8 Å². The van der Waals surface area contributed by atoms with Gasteiger partial charge in [0, 0.05) is 42.9 Å². The molecular formula is C19H19N3O4. The van der Waals surface area contributed by atoms with Crippen LogP contribution in [-0.4, -0.2) is 29.8 Å². The van der Waals surface area contributed by atoms with Gasteiger partial charge in [-0.05, 0) is 42.7 Å². The van der Waals surface area contributed by atoms with Crippen LogP contribution in [-0.2, 0) is 11.2 Å². The smallest absolute Gasteiger partial charge is 0.269 e. The monoisotopic (exact) mass is 353 g/mol. The average Bonchev–Trinajstić information content (AvgIpc) is 3.08. The maximum atomic E-state index is 12.2. The van der Waals surface area contributed by atoms with Gasteiger partial charge < -0.3 is 10.2 Å². The Hall–Kier alpha value is -3.22. The first-order valence-electron chi connectivity index (χ1n) is 8.46. The van der Waals surface area contributed by atoms with E-state index in [4.69, 9.17) is 0 Å². The van der Waals surface area contributed by atoms with Crippen LogP contribution in [0.3, 0.4) is 0 Å². The van der Waals surface area contributed by atoms with Gasteiger partial charge in [-0.25, -0.2) is 0 Å². The van der Waals surface area contributed by atoms with E-state index in [1.807, 2.05) is 0 Å². The number of hydrogen-bond donors (Lipinski definition) is 1. The van der Waals surface area contributed by atoms with E-state index in [2.05, 4.69) is 5.32 Å². The summed E-state index contributed by atoms with van der Waals surface area (Å²) in [7, 11) is 0. The number of carbonyl (C=O) groups is 2. The van der Waals surface area contributed by atoms with Gasteiger partial charge in [-0.3, -0.25) is 19.7 Å². The molecule has 1 N–H and O–H groups in total. The molecule has 7 nitrogen and oxygen atoms in total.